The zero-order chi connectivity index (χ0) is 12.1. The number of thioether (sulfide) groups is 1. The molecule has 5 heteroatoms. The van der Waals surface area contributed by atoms with Crippen LogP contribution in [0.3, 0.4) is 0 Å². The van der Waals surface area contributed by atoms with E-state index in [0.717, 1.165) is 9.47 Å². The number of hydrogen-bond acceptors (Lipinski definition) is 5. The Morgan fingerprint density at radius 3 is 2.82 bits per heavy atom. The lowest BCUT2D eigenvalue weighted by Crippen LogP contribution is -2.21. The van der Waals surface area contributed by atoms with Crippen molar-refractivity contribution in [1.29, 1.82) is 0 Å². The van der Waals surface area contributed by atoms with E-state index in [1.165, 1.54) is 38.5 Å². The van der Waals surface area contributed by atoms with Crippen LogP contribution in [0.15, 0.2) is 4.34 Å². The van der Waals surface area contributed by atoms with Crippen molar-refractivity contribution in [3.63, 3.8) is 0 Å². The summed E-state index contributed by atoms with van der Waals surface area (Å²) in [5.74, 6) is 0. The van der Waals surface area contributed by atoms with Crippen molar-refractivity contribution < 1.29 is 0 Å². The lowest BCUT2D eigenvalue weighted by molar-refractivity contribution is 0.462. The normalized spacial score (nSPS) is 19.2. The van der Waals surface area contributed by atoms with E-state index < -0.39 is 0 Å². The second-order valence-corrected chi connectivity index (χ2v) is 7.35. The van der Waals surface area contributed by atoms with Gasteiger partial charge in [-0.3, -0.25) is 0 Å². The maximum atomic E-state index is 4.24. The van der Waals surface area contributed by atoms with E-state index in [1.807, 2.05) is 11.8 Å². The van der Waals surface area contributed by atoms with Crippen LogP contribution in [0.2, 0.25) is 0 Å². The Morgan fingerprint density at radius 1 is 1.35 bits per heavy atom. The highest BCUT2D eigenvalue weighted by atomic mass is 32.2. The first-order chi connectivity index (χ1) is 8.28. The van der Waals surface area contributed by atoms with Crippen LogP contribution in [0.25, 0.3) is 0 Å². The first kappa shape index (κ1) is 13.1. The summed E-state index contributed by atoms with van der Waals surface area (Å²) in [6, 6.07) is 0.623. The smallest absolute Gasteiger partial charge is 0.206 e. The fourth-order valence-electron chi connectivity index (χ4n) is 1.99. The number of hydrogen-bond donors (Lipinski definition) is 1. The largest absolute Gasteiger partial charge is 0.357 e. The minimum absolute atomic E-state index is 0.623. The van der Waals surface area contributed by atoms with Crippen molar-refractivity contribution in [2.24, 2.45) is 0 Å². The Hall–Kier alpha value is -0.290. The summed E-state index contributed by atoms with van der Waals surface area (Å²) in [6.07, 6.45) is 7.84. The molecule has 0 spiro atoms. The Balaban J connectivity index is 1.84. The molecule has 3 nitrogen and oxygen atoms in total. The topological polar surface area (TPSA) is 37.8 Å². The minimum atomic E-state index is 0.623. The fraction of sp³-hybridized carbons (Fsp3) is 0.833. The number of nitrogens with zero attached hydrogens (tertiary/aromatic N) is 2. The molecule has 0 bridgehead atoms. The number of aromatic nitrogens is 2. The van der Waals surface area contributed by atoms with E-state index in [2.05, 4.69) is 29.4 Å². The van der Waals surface area contributed by atoms with E-state index in [1.54, 1.807) is 11.3 Å². The molecule has 1 N–H and O–H groups in total. The Morgan fingerprint density at radius 2 is 2.12 bits per heavy atom. The van der Waals surface area contributed by atoms with E-state index in [4.69, 9.17) is 0 Å². The molecule has 96 valence electrons. The quantitative estimate of drug-likeness (QED) is 0.816. The summed E-state index contributed by atoms with van der Waals surface area (Å²) in [5, 5.41) is 13.6. The van der Waals surface area contributed by atoms with Crippen LogP contribution in [-0.4, -0.2) is 21.5 Å². The molecule has 1 aliphatic carbocycles. The first-order valence-electron chi connectivity index (χ1n) is 6.54. The molecular formula is C12H21N3S2. The molecule has 0 radical (unpaired) electrons. The maximum absolute atomic E-state index is 4.24. The lowest BCUT2D eigenvalue weighted by Gasteiger charge is -2.21. The van der Waals surface area contributed by atoms with Gasteiger partial charge in [-0.15, -0.1) is 10.2 Å². The summed E-state index contributed by atoms with van der Waals surface area (Å²) >= 11 is 3.53. The molecule has 1 unspecified atom stereocenters. The van der Waals surface area contributed by atoms with Crippen molar-refractivity contribution in [1.82, 2.24) is 10.2 Å². The standard InChI is InChI=1S/C12H21N3S2/c1-3-9(2)16-12-15-14-11(17-12)13-10-7-5-4-6-8-10/h9-10H,3-8H2,1-2H3,(H,13,14). The van der Waals surface area contributed by atoms with E-state index in [0.29, 0.717) is 11.3 Å². The third-order valence-corrected chi connectivity index (χ3v) is 5.42. The zero-order valence-electron chi connectivity index (χ0n) is 10.6. The van der Waals surface area contributed by atoms with Gasteiger partial charge in [0.15, 0.2) is 4.34 Å². The average Bonchev–Trinajstić information content (AvgIpc) is 2.77. The fourth-order valence-corrected chi connectivity index (χ4v) is 4.07. The van der Waals surface area contributed by atoms with Gasteiger partial charge in [-0.25, -0.2) is 0 Å². The predicted molar refractivity (Wildman–Crippen MR) is 76.0 cm³/mol. The Bertz CT molecular complexity index is 334. The van der Waals surface area contributed by atoms with Crippen LogP contribution in [0.4, 0.5) is 5.13 Å². The predicted octanol–water partition coefficient (Wildman–Crippen LogP) is 4.17. The molecule has 1 aliphatic rings. The molecule has 17 heavy (non-hydrogen) atoms. The van der Waals surface area contributed by atoms with Gasteiger partial charge in [-0.05, 0) is 19.3 Å². The summed E-state index contributed by atoms with van der Waals surface area (Å²) in [7, 11) is 0. The second kappa shape index (κ2) is 6.59. The van der Waals surface area contributed by atoms with Crippen molar-refractivity contribution in [3.8, 4) is 0 Å². The average molecular weight is 271 g/mol. The SMILES string of the molecule is CCC(C)Sc1nnc(NC2CCCCC2)s1. The Labute approximate surface area is 112 Å². The zero-order valence-corrected chi connectivity index (χ0v) is 12.2. The van der Waals surface area contributed by atoms with Crippen LogP contribution in [-0.2, 0) is 0 Å². The van der Waals surface area contributed by atoms with E-state index >= 15 is 0 Å². The summed E-state index contributed by atoms with van der Waals surface area (Å²) in [6.45, 7) is 4.44. The van der Waals surface area contributed by atoms with E-state index in [-0.39, 0.29) is 0 Å². The van der Waals surface area contributed by atoms with E-state index in [9.17, 15) is 0 Å². The van der Waals surface area contributed by atoms with Gasteiger partial charge in [0.2, 0.25) is 5.13 Å². The van der Waals surface area contributed by atoms with Crippen molar-refractivity contribution in [2.75, 3.05) is 5.32 Å². The second-order valence-electron chi connectivity index (χ2n) is 4.69. The summed E-state index contributed by atoms with van der Waals surface area (Å²) in [4.78, 5) is 0. The first-order valence-corrected chi connectivity index (χ1v) is 8.24. The van der Waals surface area contributed by atoms with Crippen LogP contribution in [0.1, 0.15) is 52.4 Å². The maximum Gasteiger partial charge on any atom is 0.206 e. The minimum Gasteiger partial charge on any atom is -0.357 e. The van der Waals surface area contributed by atoms with Gasteiger partial charge in [-0.2, -0.15) is 0 Å². The number of rotatable bonds is 5. The van der Waals surface area contributed by atoms with Gasteiger partial charge in [0, 0.05) is 11.3 Å². The monoisotopic (exact) mass is 271 g/mol. The number of anilines is 1. The summed E-state index contributed by atoms with van der Waals surface area (Å²) in [5.41, 5.74) is 0. The van der Waals surface area contributed by atoms with Crippen LogP contribution >= 0.6 is 23.1 Å². The van der Waals surface area contributed by atoms with Crippen molar-refractivity contribution in [3.05, 3.63) is 0 Å². The van der Waals surface area contributed by atoms with Crippen LogP contribution < -0.4 is 5.32 Å². The van der Waals surface area contributed by atoms with Gasteiger partial charge in [0.05, 0.1) is 0 Å². The molecule has 0 saturated heterocycles. The molecule has 0 amide bonds. The van der Waals surface area contributed by atoms with Crippen LogP contribution in [0, 0.1) is 0 Å². The lowest BCUT2D eigenvalue weighted by atomic mass is 9.96. The highest BCUT2D eigenvalue weighted by molar-refractivity contribution is 8.01. The van der Waals surface area contributed by atoms with Gasteiger partial charge < -0.3 is 5.32 Å². The molecule has 1 aromatic rings. The van der Waals surface area contributed by atoms with Gasteiger partial charge in [0.25, 0.3) is 0 Å². The van der Waals surface area contributed by atoms with Gasteiger partial charge in [-0.1, -0.05) is 56.2 Å². The molecule has 1 saturated carbocycles. The molecule has 1 aromatic heterocycles. The third kappa shape index (κ3) is 4.14. The molecular weight excluding hydrogens is 250 g/mol. The molecule has 1 fully saturated rings. The van der Waals surface area contributed by atoms with Gasteiger partial charge >= 0.3 is 0 Å². The molecule has 2 rings (SSSR count). The molecule has 0 aliphatic heterocycles. The van der Waals surface area contributed by atoms with Crippen molar-refractivity contribution >= 4 is 28.2 Å². The molecule has 0 aromatic carbocycles. The van der Waals surface area contributed by atoms with Crippen LogP contribution in [0.5, 0.6) is 0 Å². The summed E-state index contributed by atoms with van der Waals surface area (Å²) < 4.78 is 1.10. The highest BCUT2D eigenvalue weighted by Crippen LogP contribution is 2.31. The van der Waals surface area contributed by atoms with Crippen molar-refractivity contribution in [2.45, 2.75) is 68.0 Å². The number of nitrogens with one attached hydrogen (secondary N) is 1. The molecule has 1 atom stereocenters. The molecule has 1 heterocycles. The van der Waals surface area contributed by atoms with Gasteiger partial charge in [0.1, 0.15) is 0 Å². The third-order valence-electron chi connectivity index (χ3n) is 3.22. The Kier molecular flexibility index (Phi) is 5.10. The highest BCUT2D eigenvalue weighted by Gasteiger charge is 2.15.